The smallest absolute Gasteiger partial charge is 0.466 e. The van der Waals surface area contributed by atoms with Crippen molar-refractivity contribution in [2.45, 2.75) is 49.3 Å². The standard InChI is InChI=1S/C26H27F3N2O5S/c1-3-17-5-8-20(9-6-17)37(33,34)23-16-30-22-10-7-19(36-26(27,28)29)15-21(22)24(23)31-13-11-18(12-14-31)25(32)35-4-2/h5-10,15-16,18H,3-4,11-14H2,1-2H3. The highest BCUT2D eigenvalue weighted by Gasteiger charge is 2.33. The molecule has 0 saturated carbocycles. The van der Waals surface area contributed by atoms with Crippen molar-refractivity contribution in [2.24, 2.45) is 5.92 Å². The number of aromatic nitrogens is 1. The van der Waals surface area contributed by atoms with E-state index in [9.17, 15) is 26.4 Å². The van der Waals surface area contributed by atoms with Gasteiger partial charge in [0, 0.05) is 24.7 Å². The van der Waals surface area contributed by atoms with Crippen LogP contribution in [0.15, 0.2) is 58.5 Å². The van der Waals surface area contributed by atoms with Gasteiger partial charge >= 0.3 is 12.3 Å². The lowest BCUT2D eigenvalue weighted by molar-refractivity contribution is -0.274. The van der Waals surface area contributed by atoms with E-state index in [1.807, 2.05) is 6.92 Å². The van der Waals surface area contributed by atoms with Gasteiger partial charge in [-0.1, -0.05) is 19.1 Å². The number of hydrogen-bond donors (Lipinski definition) is 0. The number of anilines is 1. The monoisotopic (exact) mass is 536 g/mol. The zero-order chi connectivity index (χ0) is 26.8. The summed E-state index contributed by atoms with van der Waals surface area (Å²) in [4.78, 5) is 18.2. The Morgan fingerprint density at radius 2 is 1.76 bits per heavy atom. The van der Waals surface area contributed by atoms with Gasteiger partial charge in [-0.15, -0.1) is 13.2 Å². The number of pyridine rings is 1. The molecule has 3 aromatic rings. The van der Waals surface area contributed by atoms with Gasteiger partial charge in [0.05, 0.1) is 28.6 Å². The minimum absolute atomic E-state index is 0.0520. The highest BCUT2D eigenvalue weighted by molar-refractivity contribution is 7.91. The van der Waals surface area contributed by atoms with Gasteiger partial charge < -0.3 is 14.4 Å². The molecule has 0 spiro atoms. The fourth-order valence-corrected chi connectivity index (χ4v) is 5.92. The third kappa shape index (κ3) is 5.82. The number of fused-ring (bicyclic) bond motifs is 1. The van der Waals surface area contributed by atoms with Crippen molar-refractivity contribution in [1.82, 2.24) is 4.98 Å². The quantitative estimate of drug-likeness (QED) is 0.379. The van der Waals surface area contributed by atoms with E-state index in [2.05, 4.69) is 9.72 Å². The summed E-state index contributed by atoms with van der Waals surface area (Å²) in [5.74, 6) is -1.13. The van der Waals surface area contributed by atoms with Crippen LogP contribution < -0.4 is 9.64 Å². The Labute approximate surface area is 213 Å². The van der Waals surface area contributed by atoms with Crippen LogP contribution in [0.25, 0.3) is 10.9 Å². The average molecular weight is 537 g/mol. The molecule has 1 fully saturated rings. The lowest BCUT2D eigenvalue weighted by atomic mass is 9.96. The molecule has 7 nitrogen and oxygen atoms in total. The van der Waals surface area contributed by atoms with Crippen molar-refractivity contribution in [3.05, 3.63) is 54.2 Å². The Kier molecular flexibility index (Phi) is 7.63. The number of carbonyl (C=O) groups is 1. The van der Waals surface area contributed by atoms with Gasteiger partial charge in [-0.25, -0.2) is 8.42 Å². The number of rotatable bonds is 7. The molecule has 0 N–H and O–H groups in total. The van der Waals surface area contributed by atoms with Crippen LogP contribution in [0.4, 0.5) is 18.9 Å². The molecule has 1 aromatic heterocycles. The van der Waals surface area contributed by atoms with Crippen LogP contribution in [0.3, 0.4) is 0 Å². The summed E-state index contributed by atoms with van der Waals surface area (Å²) in [5, 5.41) is 0.211. The molecule has 1 aliphatic rings. The van der Waals surface area contributed by atoms with Gasteiger partial charge in [0.25, 0.3) is 0 Å². The molecule has 0 radical (unpaired) electrons. The molecule has 2 heterocycles. The molecule has 0 bridgehead atoms. The molecular formula is C26H27F3N2O5S. The van der Waals surface area contributed by atoms with Gasteiger partial charge in [-0.3, -0.25) is 9.78 Å². The summed E-state index contributed by atoms with van der Waals surface area (Å²) in [6.45, 7) is 4.56. The molecule has 0 aliphatic carbocycles. The Hall–Kier alpha value is -3.34. The number of ether oxygens (including phenoxy) is 2. The van der Waals surface area contributed by atoms with Gasteiger partial charge in [0.1, 0.15) is 10.6 Å². The predicted molar refractivity (Wildman–Crippen MR) is 131 cm³/mol. The van der Waals surface area contributed by atoms with E-state index >= 15 is 0 Å². The average Bonchev–Trinajstić information content (AvgIpc) is 2.87. The molecule has 2 aromatic carbocycles. The number of nitrogens with zero attached hydrogens (tertiary/aromatic N) is 2. The number of piperidine rings is 1. The first-order valence-electron chi connectivity index (χ1n) is 12.0. The van der Waals surface area contributed by atoms with Crippen molar-refractivity contribution in [3.8, 4) is 5.75 Å². The minimum Gasteiger partial charge on any atom is -0.466 e. The number of halogens is 3. The molecule has 1 aliphatic heterocycles. The Morgan fingerprint density at radius 3 is 2.35 bits per heavy atom. The third-order valence-electron chi connectivity index (χ3n) is 6.37. The van der Waals surface area contributed by atoms with E-state index in [0.717, 1.165) is 24.1 Å². The maximum absolute atomic E-state index is 13.8. The third-order valence-corrected chi connectivity index (χ3v) is 8.14. The maximum atomic E-state index is 13.8. The molecule has 0 unspecified atom stereocenters. The van der Waals surface area contributed by atoms with E-state index in [0.29, 0.717) is 31.4 Å². The van der Waals surface area contributed by atoms with Gasteiger partial charge in [0.2, 0.25) is 9.84 Å². The summed E-state index contributed by atoms with van der Waals surface area (Å²) in [7, 11) is -4.08. The molecule has 0 atom stereocenters. The van der Waals surface area contributed by atoms with Gasteiger partial charge in [-0.05, 0) is 62.1 Å². The van der Waals surface area contributed by atoms with E-state index in [-0.39, 0.29) is 39.4 Å². The van der Waals surface area contributed by atoms with Crippen LogP contribution in [0.2, 0.25) is 0 Å². The highest BCUT2D eigenvalue weighted by atomic mass is 32.2. The second kappa shape index (κ2) is 10.6. The number of sulfone groups is 1. The molecule has 0 amide bonds. The molecule has 11 heteroatoms. The van der Waals surface area contributed by atoms with E-state index in [1.165, 1.54) is 24.4 Å². The van der Waals surface area contributed by atoms with Crippen LogP contribution in [-0.2, 0) is 25.8 Å². The number of hydrogen-bond acceptors (Lipinski definition) is 7. The van der Waals surface area contributed by atoms with Crippen molar-refractivity contribution in [2.75, 3.05) is 24.6 Å². The lowest BCUT2D eigenvalue weighted by Gasteiger charge is -2.34. The van der Waals surface area contributed by atoms with E-state index in [4.69, 9.17) is 4.74 Å². The molecule has 4 rings (SSSR count). The van der Waals surface area contributed by atoms with Crippen LogP contribution in [0, 0.1) is 5.92 Å². The van der Waals surface area contributed by atoms with Crippen molar-refractivity contribution in [3.63, 3.8) is 0 Å². The molecule has 37 heavy (non-hydrogen) atoms. The second-order valence-electron chi connectivity index (χ2n) is 8.71. The summed E-state index contributed by atoms with van der Waals surface area (Å²) in [5.41, 5.74) is 1.52. The molecule has 198 valence electrons. The van der Waals surface area contributed by atoms with Crippen LogP contribution >= 0.6 is 0 Å². The maximum Gasteiger partial charge on any atom is 0.573 e. The number of alkyl halides is 3. The van der Waals surface area contributed by atoms with Crippen LogP contribution in [0.1, 0.15) is 32.3 Å². The topological polar surface area (TPSA) is 85.8 Å². The summed E-state index contributed by atoms with van der Waals surface area (Å²) in [6, 6.07) is 10.1. The number of aryl methyl sites for hydroxylation is 1. The summed E-state index contributed by atoms with van der Waals surface area (Å²) >= 11 is 0. The molecule has 1 saturated heterocycles. The number of benzene rings is 2. The largest absolute Gasteiger partial charge is 0.573 e. The second-order valence-corrected chi connectivity index (χ2v) is 10.6. The van der Waals surface area contributed by atoms with Crippen LogP contribution in [0.5, 0.6) is 5.75 Å². The lowest BCUT2D eigenvalue weighted by Crippen LogP contribution is -2.37. The first kappa shape index (κ1) is 26.7. The van der Waals surface area contributed by atoms with Crippen molar-refractivity contribution < 1.29 is 35.9 Å². The van der Waals surface area contributed by atoms with E-state index < -0.39 is 21.9 Å². The number of carbonyl (C=O) groups excluding carboxylic acids is 1. The first-order chi connectivity index (χ1) is 17.5. The fraction of sp³-hybridized carbons (Fsp3) is 0.385. The van der Waals surface area contributed by atoms with Gasteiger partial charge in [0.15, 0.2) is 0 Å². The fourth-order valence-electron chi connectivity index (χ4n) is 4.49. The van der Waals surface area contributed by atoms with Gasteiger partial charge in [-0.2, -0.15) is 0 Å². The van der Waals surface area contributed by atoms with Crippen molar-refractivity contribution in [1.29, 1.82) is 0 Å². The minimum atomic E-state index is -4.91. The summed E-state index contributed by atoms with van der Waals surface area (Å²) in [6.07, 6.45) is -2.12. The SMILES string of the molecule is CCOC(=O)C1CCN(c2c(S(=O)(=O)c3ccc(CC)cc3)cnc3ccc(OC(F)(F)F)cc23)CC1. The summed E-state index contributed by atoms with van der Waals surface area (Å²) < 4.78 is 75.6. The molecular weight excluding hydrogens is 509 g/mol. The highest BCUT2D eigenvalue weighted by Crippen LogP contribution is 2.39. The normalized spacial score (nSPS) is 15.1. The first-order valence-corrected chi connectivity index (χ1v) is 13.5. The number of esters is 1. The van der Waals surface area contributed by atoms with Crippen LogP contribution in [-0.4, -0.2) is 45.4 Å². The predicted octanol–water partition coefficient (Wildman–Crippen LogP) is 5.31. The Morgan fingerprint density at radius 1 is 1.08 bits per heavy atom. The zero-order valence-corrected chi connectivity index (χ0v) is 21.2. The Balaban J connectivity index is 1.83. The zero-order valence-electron chi connectivity index (χ0n) is 20.4. The van der Waals surface area contributed by atoms with E-state index in [1.54, 1.807) is 24.0 Å². The Bertz CT molecular complexity index is 1380. The van der Waals surface area contributed by atoms with Crippen molar-refractivity contribution >= 4 is 32.4 Å².